The summed E-state index contributed by atoms with van der Waals surface area (Å²) < 4.78 is 0. The van der Waals surface area contributed by atoms with E-state index in [9.17, 15) is 5.11 Å². The monoisotopic (exact) mass is 399 g/mol. The summed E-state index contributed by atoms with van der Waals surface area (Å²) in [5, 5.41) is 9.67. The summed E-state index contributed by atoms with van der Waals surface area (Å²) in [7, 11) is 0. The van der Waals surface area contributed by atoms with Crippen molar-refractivity contribution in [2.75, 3.05) is 50.8 Å². The van der Waals surface area contributed by atoms with Crippen LogP contribution in [0.2, 0.25) is 0 Å². The van der Waals surface area contributed by atoms with Crippen molar-refractivity contribution in [1.29, 1.82) is 0 Å². The van der Waals surface area contributed by atoms with Crippen LogP contribution in [0, 0.1) is 12.8 Å². The molecule has 3 aliphatic rings. The second-order valence-corrected chi connectivity index (χ2v) is 9.66. The molecule has 0 unspecified atom stereocenters. The van der Waals surface area contributed by atoms with Crippen LogP contribution in [0.5, 0.6) is 0 Å². The highest BCUT2D eigenvalue weighted by molar-refractivity contribution is 5.53. The number of hydrogen-bond donors (Lipinski definition) is 1. The van der Waals surface area contributed by atoms with Gasteiger partial charge >= 0.3 is 0 Å². The Morgan fingerprint density at radius 3 is 2.41 bits per heavy atom. The summed E-state index contributed by atoms with van der Waals surface area (Å²) in [6.45, 7) is 9.72. The largest absolute Gasteiger partial charge is 0.396 e. The van der Waals surface area contributed by atoms with Crippen molar-refractivity contribution in [3.8, 4) is 0 Å². The van der Waals surface area contributed by atoms with E-state index in [1.54, 1.807) is 0 Å². The zero-order valence-electron chi connectivity index (χ0n) is 18.4. The van der Waals surface area contributed by atoms with Gasteiger partial charge in [-0.1, -0.05) is 37.5 Å². The summed E-state index contributed by atoms with van der Waals surface area (Å²) in [6.07, 6.45) is 10.6. The topological polar surface area (TPSA) is 30.0 Å². The molecule has 3 fully saturated rings. The normalized spacial score (nSPS) is 26.1. The fraction of sp³-hybridized carbons (Fsp3) is 0.760. The van der Waals surface area contributed by atoms with Crippen LogP contribution in [-0.2, 0) is 0 Å². The SMILES string of the molecule is Cc1ccccc1N1CCC(N2CCN(CC3CCCCC3)[C@@H](CCO)C2)CC1. The van der Waals surface area contributed by atoms with Crippen LogP contribution >= 0.6 is 0 Å². The summed E-state index contributed by atoms with van der Waals surface area (Å²) >= 11 is 0. The minimum Gasteiger partial charge on any atom is -0.396 e. The highest BCUT2D eigenvalue weighted by Gasteiger charge is 2.33. The highest BCUT2D eigenvalue weighted by Crippen LogP contribution is 2.29. The van der Waals surface area contributed by atoms with Gasteiger partial charge in [0.15, 0.2) is 0 Å². The van der Waals surface area contributed by atoms with Gasteiger partial charge in [-0.15, -0.1) is 0 Å². The van der Waals surface area contributed by atoms with Crippen molar-refractivity contribution in [2.24, 2.45) is 5.92 Å². The second-order valence-electron chi connectivity index (χ2n) is 9.66. The van der Waals surface area contributed by atoms with Gasteiger partial charge in [-0.05, 0) is 56.6 Å². The molecule has 2 saturated heterocycles. The molecule has 1 saturated carbocycles. The predicted octanol–water partition coefficient (Wildman–Crippen LogP) is 3.91. The molecule has 2 aliphatic heterocycles. The number of anilines is 1. The minimum atomic E-state index is 0.325. The van der Waals surface area contributed by atoms with Crippen LogP contribution in [0.25, 0.3) is 0 Å². The van der Waals surface area contributed by atoms with Crippen LogP contribution in [-0.4, -0.2) is 72.9 Å². The van der Waals surface area contributed by atoms with E-state index in [1.165, 1.54) is 88.9 Å². The maximum absolute atomic E-state index is 9.67. The van der Waals surface area contributed by atoms with E-state index in [4.69, 9.17) is 0 Å². The molecule has 162 valence electrons. The quantitative estimate of drug-likeness (QED) is 0.785. The van der Waals surface area contributed by atoms with Crippen LogP contribution in [0.3, 0.4) is 0 Å². The molecule has 1 atom stereocenters. The van der Waals surface area contributed by atoms with Crippen molar-refractivity contribution < 1.29 is 5.11 Å². The highest BCUT2D eigenvalue weighted by atomic mass is 16.3. The lowest BCUT2D eigenvalue weighted by Gasteiger charge is -2.47. The first-order valence-corrected chi connectivity index (χ1v) is 12.1. The smallest absolute Gasteiger partial charge is 0.0446 e. The third kappa shape index (κ3) is 5.34. The zero-order chi connectivity index (χ0) is 20.1. The van der Waals surface area contributed by atoms with E-state index in [1.807, 2.05) is 0 Å². The maximum Gasteiger partial charge on any atom is 0.0446 e. The van der Waals surface area contributed by atoms with Crippen LogP contribution in [0.1, 0.15) is 56.9 Å². The van der Waals surface area contributed by atoms with E-state index in [2.05, 4.69) is 45.9 Å². The fourth-order valence-corrected chi connectivity index (χ4v) is 6.00. The number of aryl methyl sites for hydroxylation is 1. The third-order valence-corrected chi connectivity index (χ3v) is 7.75. The van der Waals surface area contributed by atoms with Crippen molar-refractivity contribution >= 4 is 5.69 Å². The molecule has 1 aliphatic carbocycles. The number of piperazine rings is 1. The molecular formula is C25H41N3O. The predicted molar refractivity (Wildman–Crippen MR) is 122 cm³/mol. The maximum atomic E-state index is 9.67. The first-order valence-electron chi connectivity index (χ1n) is 12.1. The van der Waals surface area contributed by atoms with E-state index < -0.39 is 0 Å². The van der Waals surface area contributed by atoms with Gasteiger partial charge in [0.25, 0.3) is 0 Å². The first-order chi connectivity index (χ1) is 14.2. The van der Waals surface area contributed by atoms with Gasteiger partial charge in [0.1, 0.15) is 0 Å². The summed E-state index contributed by atoms with van der Waals surface area (Å²) in [5.41, 5.74) is 2.81. The number of benzene rings is 1. The number of nitrogens with zero attached hydrogens (tertiary/aromatic N) is 3. The molecule has 0 radical (unpaired) electrons. The average Bonchev–Trinajstić information content (AvgIpc) is 2.76. The number of para-hydroxylation sites is 1. The van der Waals surface area contributed by atoms with Crippen molar-refractivity contribution in [1.82, 2.24) is 9.80 Å². The van der Waals surface area contributed by atoms with E-state index >= 15 is 0 Å². The molecule has 4 nitrogen and oxygen atoms in total. The Hall–Kier alpha value is -1.10. The van der Waals surface area contributed by atoms with Crippen LogP contribution in [0.4, 0.5) is 5.69 Å². The number of rotatable bonds is 6. The Bertz CT molecular complexity index is 622. The average molecular weight is 400 g/mol. The Morgan fingerprint density at radius 2 is 1.69 bits per heavy atom. The van der Waals surface area contributed by atoms with Gasteiger partial charge in [0.2, 0.25) is 0 Å². The number of piperidine rings is 1. The Kier molecular flexibility index (Phi) is 7.49. The summed E-state index contributed by atoms with van der Waals surface area (Å²) in [6, 6.07) is 10.1. The molecule has 29 heavy (non-hydrogen) atoms. The Morgan fingerprint density at radius 1 is 0.931 bits per heavy atom. The first kappa shape index (κ1) is 21.1. The molecular weight excluding hydrogens is 358 g/mol. The lowest BCUT2D eigenvalue weighted by Crippen LogP contribution is -2.58. The van der Waals surface area contributed by atoms with E-state index in [0.29, 0.717) is 18.7 Å². The molecule has 0 amide bonds. The lowest BCUT2D eigenvalue weighted by molar-refractivity contribution is 0.0184. The van der Waals surface area contributed by atoms with Gasteiger partial charge in [-0.3, -0.25) is 9.80 Å². The van der Waals surface area contributed by atoms with E-state index in [-0.39, 0.29) is 0 Å². The molecule has 1 aromatic rings. The van der Waals surface area contributed by atoms with Gasteiger partial charge in [0.05, 0.1) is 0 Å². The number of hydrogen-bond acceptors (Lipinski definition) is 4. The third-order valence-electron chi connectivity index (χ3n) is 7.75. The molecule has 0 aromatic heterocycles. The molecule has 1 N–H and O–H groups in total. The van der Waals surface area contributed by atoms with Crippen LogP contribution < -0.4 is 4.90 Å². The standard InChI is InChI=1S/C25H41N3O/c1-21-7-5-6-10-25(21)26-14-11-23(12-15-26)28-17-16-27(24(20-28)13-18-29)19-22-8-3-2-4-9-22/h5-7,10,22-24,29H,2-4,8-9,11-20H2,1H3/t24-/m0/s1. The van der Waals surface area contributed by atoms with Crippen LogP contribution in [0.15, 0.2) is 24.3 Å². The fourth-order valence-electron chi connectivity index (χ4n) is 6.00. The molecule has 0 spiro atoms. The molecule has 4 heteroatoms. The van der Waals surface area contributed by atoms with Gasteiger partial charge in [-0.2, -0.15) is 0 Å². The summed E-state index contributed by atoms with van der Waals surface area (Å²) in [4.78, 5) is 8.06. The second kappa shape index (κ2) is 10.3. The number of aliphatic hydroxyl groups excluding tert-OH is 1. The van der Waals surface area contributed by atoms with Gasteiger partial charge in [0, 0.05) is 63.6 Å². The van der Waals surface area contributed by atoms with Crippen molar-refractivity contribution in [2.45, 2.75) is 70.4 Å². The molecule has 1 aromatic carbocycles. The molecule has 4 rings (SSSR count). The molecule has 2 heterocycles. The molecule has 0 bridgehead atoms. The van der Waals surface area contributed by atoms with Gasteiger partial charge in [-0.25, -0.2) is 0 Å². The number of aliphatic hydroxyl groups is 1. The Labute approximate surface area is 177 Å². The van der Waals surface area contributed by atoms with Crippen molar-refractivity contribution in [3.05, 3.63) is 29.8 Å². The van der Waals surface area contributed by atoms with E-state index in [0.717, 1.165) is 18.9 Å². The van der Waals surface area contributed by atoms with Crippen molar-refractivity contribution in [3.63, 3.8) is 0 Å². The lowest BCUT2D eigenvalue weighted by atomic mass is 9.88. The summed E-state index contributed by atoms with van der Waals surface area (Å²) in [5.74, 6) is 0.897. The Balaban J connectivity index is 1.30. The minimum absolute atomic E-state index is 0.325. The zero-order valence-corrected chi connectivity index (χ0v) is 18.4. The van der Waals surface area contributed by atoms with Gasteiger partial charge < -0.3 is 10.0 Å².